The minimum atomic E-state index is -0.798. The fraction of sp³-hybridized carbons (Fsp3) is 0.276. The molecule has 0 amide bonds. The van der Waals surface area contributed by atoms with Gasteiger partial charge >= 0.3 is 0 Å². The van der Waals surface area contributed by atoms with E-state index in [1.165, 1.54) is 12.1 Å². The van der Waals surface area contributed by atoms with Gasteiger partial charge in [0.15, 0.2) is 0 Å². The van der Waals surface area contributed by atoms with E-state index in [0.717, 1.165) is 11.3 Å². The van der Waals surface area contributed by atoms with Crippen LogP contribution in [0.15, 0.2) is 66.4 Å². The predicted octanol–water partition coefficient (Wildman–Crippen LogP) is 4.92. The van der Waals surface area contributed by atoms with Gasteiger partial charge in [0.05, 0.1) is 49.1 Å². The molecule has 0 unspecified atom stereocenters. The zero-order chi connectivity index (χ0) is 27.7. The van der Waals surface area contributed by atoms with E-state index in [1.807, 2.05) is 42.5 Å². The Hall–Kier alpha value is -4.73. The third-order valence-electron chi connectivity index (χ3n) is 7.08. The number of nitro groups is 1. The highest BCUT2D eigenvalue weighted by atomic mass is 16.6. The molecule has 0 radical (unpaired) electrons. The zero-order valence-corrected chi connectivity index (χ0v) is 21.7. The molecule has 3 aromatic carbocycles. The van der Waals surface area contributed by atoms with Gasteiger partial charge in [-0.05, 0) is 48.9 Å². The molecule has 0 saturated heterocycles. The molecule has 1 aliphatic heterocycles. The van der Waals surface area contributed by atoms with E-state index in [1.54, 1.807) is 27.2 Å². The van der Waals surface area contributed by atoms with Crippen LogP contribution in [-0.2, 0) is 4.79 Å². The number of ketones is 1. The summed E-state index contributed by atoms with van der Waals surface area (Å²) in [6, 6.07) is 15.0. The van der Waals surface area contributed by atoms with Gasteiger partial charge in [-0.25, -0.2) is 0 Å². The van der Waals surface area contributed by atoms with Gasteiger partial charge in [-0.1, -0.05) is 18.2 Å². The highest BCUT2D eigenvalue weighted by molar-refractivity contribution is 5.91. The van der Waals surface area contributed by atoms with E-state index in [0.29, 0.717) is 28.4 Å². The molecule has 3 aromatic rings. The number of nitrogens with one attached hydrogen (secondary N) is 2. The number of Topliss-reactive ketones (excluding diaryl/α,β-unsaturated/α-hetero) is 1. The molecule has 1 heterocycles. The average Bonchev–Trinajstić information content (AvgIpc) is 3.10. The van der Waals surface area contributed by atoms with E-state index in [-0.39, 0.29) is 30.5 Å². The summed E-state index contributed by atoms with van der Waals surface area (Å²) < 4.78 is 16.5. The maximum absolute atomic E-state index is 13.9. The lowest BCUT2D eigenvalue weighted by atomic mass is 9.76. The Labute approximate surface area is 225 Å². The number of methoxy groups -OCH3 is 2. The van der Waals surface area contributed by atoms with Crippen molar-refractivity contribution in [2.45, 2.75) is 25.3 Å². The summed E-state index contributed by atoms with van der Waals surface area (Å²) in [7, 11) is 3.16. The number of fused-ring (bicyclic) bond motifs is 2. The van der Waals surface area contributed by atoms with Gasteiger partial charge in [0, 0.05) is 35.4 Å². The van der Waals surface area contributed by atoms with Crippen molar-refractivity contribution in [1.29, 1.82) is 0 Å². The number of nitro benzene ring substituents is 1. The summed E-state index contributed by atoms with van der Waals surface area (Å²) in [5, 5.41) is 31.2. The topological polar surface area (TPSA) is 135 Å². The van der Waals surface area contributed by atoms with Crippen LogP contribution >= 0.6 is 0 Å². The third-order valence-corrected chi connectivity index (χ3v) is 7.08. The summed E-state index contributed by atoms with van der Waals surface area (Å²) in [5.74, 6) is -0.731. The Morgan fingerprint density at radius 2 is 1.79 bits per heavy atom. The van der Waals surface area contributed by atoms with Crippen molar-refractivity contribution in [3.63, 3.8) is 0 Å². The minimum Gasteiger partial charge on any atom is -0.865 e. The van der Waals surface area contributed by atoms with Gasteiger partial charge < -0.3 is 30.0 Å². The van der Waals surface area contributed by atoms with Crippen LogP contribution in [0.5, 0.6) is 23.0 Å². The number of ether oxygens (including phenoxy) is 3. The molecule has 10 nitrogen and oxygen atoms in total. The van der Waals surface area contributed by atoms with Crippen LogP contribution < -0.4 is 30.0 Å². The Bertz CT molecular complexity index is 1470. The van der Waals surface area contributed by atoms with E-state index in [2.05, 4.69) is 10.6 Å². The van der Waals surface area contributed by atoms with Crippen LogP contribution in [0.3, 0.4) is 0 Å². The zero-order valence-electron chi connectivity index (χ0n) is 21.7. The first-order valence-corrected chi connectivity index (χ1v) is 12.6. The summed E-state index contributed by atoms with van der Waals surface area (Å²) in [4.78, 5) is 25.0. The van der Waals surface area contributed by atoms with Crippen molar-refractivity contribution in [3.8, 4) is 23.0 Å². The van der Waals surface area contributed by atoms with E-state index < -0.39 is 28.3 Å². The second-order valence-electron chi connectivity index (χ2n) is 9.33. The Kier molecular flexibility index (Phi) is 7.02. The number of hydrogen-bond donors (Lipinski definition) is 2. The molecular formula is C29H28N3O7-. The monoisotopic (exact) mass is 530 g/mol. The van der Waals surface area contributed by atoms with Crippen LogP contribution in [-0.4, -0.2) is 31.5 Å². The number of carbonyl (C=O) groups is 1. The largest absolute Gasteiger partial charge is 0.865 e. The Morgan fingerprint density at radius 3 is 2.49 bits per heavy atom. The second-order valence-corrected chi connectivity index (χ2v) is 9.33. The Balaban J connectivity index is 1.67. The molecule has 0 spiro atoms. The number of rotatable bonds is 7. The predicted molar refractivity (Wildman–Crippen MR) is 144 cm³/mol. The number of anilines is 2. The van der Waals surface area contributed by atoms with Gasteiger partial charge in [0.1, 0.15) is 23.0 Å². The molecule has 1 aliphatic carbocycles. The first-order valence-electron chi connectivity index (χ1n) is 12.6. The van der Waals surface area contributed by atoms with E-state index in [4.69, 9.17) is 14.2 Å². The van der Waals surface area contributed by atoms with E-state index in [9.17, 15) is 20.0 Å². The highest BCUT2D eigenvalue weighted by Gasteiger charge is 2.41. The SMILES string of the molecule is CCOc1cc([C@H]2Nc3ccccc3NC3=C[C@@H](c4cc(OC)ccc4OC)CC(=O)[C@@H]32)cc([N+](=O)[O-])c1[O-]. The van der Waals surface area contributed by atoms with Gasteiger partial charge in [-0.2, -0.15) is 0 Å². The van der Waals surface area contributed by atoms with Crippen LogP contribution in [0.25, 0.3) is 0 Å². The van der Waals surface area contributed by atoms with Gasteiger partial charge in [0.2, 0.25) is 0 Å². The van der Waals surface area contributed by atoms with Crippen molar-refractivity contribution in [1.82, 2.24) is 0 Å². The molecule has 0 saturated carbocycles. The fourth-order valence-corrected chi connectivity index (χ4v) is 5.30. The summed E-state index contributed by atoms with van der Waals surface area (Å²) in [6.45, 7) is 1.86. The standard InChI is InChI=1S/C29H29N3O7/c1-4-39-26-14-17(12-23(29(26)34)32(35)36)28-27-22(30-20-7-5-6-8-21(20)31-28)11-16(13-24(27)33)19-15-18(37-2)9-10-25(19)38-3/h5-12,14-16,27-28,30-31,34H,4,13H2,1-3H3/p-1/t16-,27-,28-/m1/s1. The fourth-order valence-electron chi connectivity index (χ4n) is 5.30. The number of para-hydroxylation sites is 2. The molecule has 39 heavy (non-hydrogen) atoms. The van der Waals surface area contributed by atoms with Crippen molar-refractivity contribution < 1.29 is 29.0 Å². The van der Waals surface area contributed by atoms with Crippen molar-refractivity contribution in [2.75, 3.05) is 31.5 Å². The summed E-state index contributed by atoms with van der Waals surface area (Å²) >= 11 is 0. The van der Waals surface area contributed by atoms with Crippen LogP contribution in [0.1, 0.15) is 36.4 Å². The first-order chi connectivity index (χ1) is 18.8. The highest BCUT2D eigenvalue weighted by Crippen LogP contribution is 2.48. The normalized spacial score (nSPS) is 19.8. The quantitative estimate of drug-likeness (QED) is 0.322. The molecule has 0 aromatic heterocycles. The number of hydrogen-bond acceptors (Lipinski definition) is 9. The van der Waals surface area contributed by atoms with Crippen LogP contribution in [0.2, 0.25) is 0 Å². The molecule has 10 heteroatoms. The molecule has 2 aliphatic rings. The van der Waals surface area contributed by atoms with Crippen LogP contribution in [0.4, 0.5) is 17.1 Å². The molecule has 202 valence electrons. The van der Waals surface area contributed by atoms with Gasteiger partial charge in [-0.3, -0.25) is 14.9 Å². The molecule has 0 fully saturated rings. The summed E-state index contributed by atoms with van der Waals surface area (Å²) in [6.07, 6.45) is 2.17. The maximum Gasteiger partial charge on any atom is 0.265 e. The van der Waals surface area contributed by atoms with Crippen molar-refractivity contribution in [2.24, 2.45) is 5.92 Å². The average molecular weight is 531 g/mol. The van der Waals surface area contributed by atoms with Crippen molar-refractivity contribution >= 4 is 22.8 Å². The molecule has 5 rings (SSSR count). The van der Waals surface area contributed by atoms with E-state index >= 15 is 0 Å². The molecular weight excluding hydrogens is 502 g/mol. The number of nitrogens with zero attached hydrogens (tertiary/aromatic N) is 1. The third kappa shape index (κ3) is 4.81. The first kappa shape index (κ1) is 25.9. The number of carbonyl (C=O) groups excluding carboxylic acids is 1. The van der Waals surface area contributed by atoms with Crippen LogP contribution in [0, 0.1) is 16.0 Å². The molecule has 3 atom stereocenters. The number of benzene rings is 3. The minimum absolute atomic E-state index is 0.0769. The molecule has 2 N–H and O–H groups in total. The lowest BCUT2D eigenvalue weighted by Gasteiger charge is -2.33. The molecule has 0 bridgehead atoms. The lowest BCUT2D eigenvalue weighted by Crippen LogP contribution is -2.34. The number of allylic oxidation sites excluding steroid dienone is 1. The summed E-state index contributed by atoms with van der Waals surface area (Å²) in [5.41, 5.74) is 2.73. The smallest absolute Gasteiger partial charge is 0.265 e. The Morgan fingerprint density at radius 1 is 1.03 bits per heavy atom. The van der Waals surface area contributed by atoms with Crippen molar-refractivity contribution in [3.05, 3.63) is 87.6 Å². The van der Waals surface area contributed by atoms with Gasteiger partial charge in [-0.15, -0.1) is 0 Å². The van der Waals surface area contributed by atoms with Gasteiger partial charge in [0.25, 0.3) is 5.69 Å². The lowest BCUT2D eigenvalue weighted by molar-refractivity contribution is -0.398. The maximum atomic E-state index is 13.9. The second kappa shape index (κ2) is 10.6.